The lowest BCUT2D eigenvalue weighted by Gasteiger charge is -2.16. The van der Waals surface area contributed by atoms with Gasteiger partial charge in [0.15, 0.2) is 0 Å². The zero-order chi connectivity index (χ0) is 16.8. The maximum Gasteiger partial charge on any atom is 0.269 e. The average Bonchev–Trinajstić information content (AvgIpc) is 2.86. The van der Waals surface area contributed by atoms with Crippen LogP contribution in [0.25, 0.3) is 11.3 Å². The van der Waals surface area contributed by atoms with E-state index in [9.17, 15) is 9.59 Å². The molecule has 0 bridgehead atoms. The first-order valence-corrected chi connectivity index (χ1v) is 8.63. The lowest BCUT2D eigenvalue weighted by Crippen LogP contribution is -2.38. The number of benzene rings is 1. The third kappa shape index (κ3) is 4.31. The molecule has 1 aromatic heterocycles. The quantitative estimate of drug-likeness (QED) is 0.879. The van der Waals surface area contributed by atoms with Gasteiger partial charge in [-0.25, -0.2) is 4.98 Å². The van der Waals surface area contributed by atoms with Gasteiger partial charge in [0.1, 0.15) is 6.54 Å². The molecule has 126 valence electrons. The topological polar surface area (TPSA) is 64.0 Å². The molecule has 0 spiro atoms. The van der Waals surface area contributed by atoms with Gasteiger partial charge in [-0.1, -0.05) is 56.0 Å². The van der Waals surface area contributed by atoms with Gasteiger partial charge in [0.05, 0.1) is 11.9 Å². The number of rotatable bonds is 4. The molecule has 2 aromatic rings. The Hall–Kier alpha value is -2.43. The molecule has 1 amide bonds. The SMILES string of the molecule is O=C(Cn1cc(-c2ccccc2)ncc1=O)NC1CCCCCC1. The summed E-state index contributed by atoms with van der Waals surface area (Å²) in [5, 5.41) is 3.07. The molecule has 1 heterocycles. The van der Waals surface area contributed by atoms with Crippen LogP contribution in [0.5, 0.6) is 0 Å². The van der Waals surface area contributed by atoms with Crippen LogP contribution in [0, 0.1) is 0 Å². The fraction of sp³-hybridized carbons (Fsp3) is 0.421. The second kappa shape index (κ2) is 7.90. The van der Waals surface area contributed by atoms with E-state index in [0.29, 0.717) is 5.69 Å². The number of carbonyl (C=O) groups excluding carboxylic acids is 1. The Morgan fingerprint density at radius 2 is 1.83 bits per heavy atom. The van der Waals surface area contributed by atoms with Crippen LogP contribution in [0.3, 0.4) is 0 Å². The second-order valence-corrected chi connectivity index (χ2v) is 6.36. The number of nitrogens with zero attached hydrogens (tertiary/aromatic N) is 2. The Kier molecular flexibility index (Phi) is 5.41. The monoisotopic (exact) mass is 325 g/mol. The Bertz CT molecular complexity index is 732. The zero-order valence-electron chi connectivity index (χ0n) is 13.8. The lowest BCUT2D eigenvalue weighted by atomic mass is 10.1. The molecule has 1 N–H and O–H groups in total. The minimum atomic E-state index is -0.259. The van der Waals surface area contributed by atoms with Crippen LogP contribution in [-0.4, -0.2) is 21.5 Å². The number of hydrogen-bond donors (Lipinski definition) is 1. The maximum absolute atomic E-state index is 12.3. The summed E-state index contributed by atoms with van der Waals surface area (Å²) in [6.07, 6.45) is 9.83. The van der Waals surface area contributed by atoms with Gasteiger partial charge in [0.2, 0.25) is 5.91 Å². The van der Waals surface area contributed by atoms with Gasteiger partial charge in [-0.15, -0.1) is 0 Å². The van der Waals surface area contributed by atoms with Gasteiger partial charge in [-0.05, 0) is 12.8 Å². The predicted molar refractivity (Wildman–Crippen MR) is 93.6 cm³/mol. The van der Waals surface area contributed by atoms with Crippen molar-refractivity contribution in [2.45, 2.75) is 51.1 Å². The van der Waals surface area contributed by atoms with Gasteiger partial charge in [0, 0.05) is 17.8 Å². The van der Waals surface area contributed by atoms with Gasteiger partial charge < -0.3 is 9.88 Å². The first-order chi connectivity index (χ1) is 11.7. The summed E-state index contributed by atoms with van der Waals surface area (Å²) >= 11 is 0. The van der Waals surface area contributed by atoms with Crippen molar-refractivity contribution < 1.29 is 4.79 Å². The van der Waals surface area contributed by atoms with Crippen molar-refractivity contribution in [3.8, 4) is 11.3 Å². The number of aromatic nitrogens is 2. The molecule has 0 atom stereocenters. The molecule has 0 radical (unpaired) electrons. The number of hydrogen-bond acceptors (Lipinski definition) is 3. The van der Waals surface area contributed by atoms with Crippen LogP contribution in [0.15, 0.2) is 47.5 Å². The van der Waals surface area contributed by atoms with E-state index in [0.717, 1.165) is 31.2 Å². The highest BCUT2D eigenvalue weighted by molar-refractivity contribution is 5.76. The number of amides is 1. The minimum Gasteiger partial charge on any atom is -0.352 e. The standard InChI is InChI=1S/C19H23N3O2/c23-18(21-16-10-6-1-2-7-11-16)14-22-13-17(20-12-19(22)24)15-8-4-3-5-9-15/h3-5,8-9,12-13,16H,1-2,6-7,10-11,14H2,(H,21,23). The molecule has 0 saturated heterocycles. The van der Waals surface area contributed by atoms with Gasteiger partial charge in [0.25, 0.3) is 5.56 Å². The number of nitrogens with one attached hydrogen (secondary N) is 1. The molecule has 5 heteroatoms. The Morgan fingerprint density at radius 3 is 2.54 bits per heavy atom. The van der Waals surface area contributed by atoms with Crippen molar-refractivity contribution in [2.24, 2.45) is 0 Å². The summed E-state index contributed by atoms with van der Waals surface area (Å²) in [6, 6.07) is 9.88. The van der Waals surface area contributed by atoms with E-state index >= 15 is 0 Å². The third-order valence-corrected chi connectivity index (χ3v) is 4.48. The Labute approximate surface area is 141 Å². The van der Waals surface area contributed by atoms with E-state index in [-0.39, 0.29) is 24.1 Å². The normalized spacial score (nSPS) is 15.7. The fourth-order valence-electron chi connectivity index (χ4n) is 3.18. The van der Waals surface area contributed by atoms with Crippen LogP contribution in [0.4, 0.5) is 0 Å². The molecule has 24 heavy (non-hydrogen) atoms. The van der Waals surface area contributed by atoms with Gasteiger partial charge in [-0.2, -0.15) is 0 Å². The summed E-state index contributed by atoms with van der Waals surface area (Å²) in [5.41, 5.74) is 1.36. The molecule has 1 aliphatic carbocycles. The second-order valence-electron chi connectivity index (χ2n) is 6.36. The molecule has 1 fully saturated rings. The molecule has 1 aromatic carbocycles. The molecule has 1 saturated carbocycles. The summed E-state index contributed by atoms with van der Waals surface area (Å²) in [7, 11) is 0. The Morgan fingerprint density at radius 1 is 1.12 bits per heavy atom. The van der Waals surface area contributed by atoms with E-state index < -0.39 is 0 Å². The third-order valence-electron chi connectivity index (χ3n) is 4.48. The predicted octanol–water partition coefficient (Wildman–Crippen LogP) is 2.75. The van der Waals surface area contributed by atoms with Crippen molar-refractivity contribution in [2.75, 3.05) is 0 Å². The highest BCUT2D eigenvalue weighted by atomic mass is 16.2. The summed E-state index contributed by atoms with van der Waals surface area (Å²) in [4.78, 5) is 28.5. The molecule has 1 aliphatic rings. The van der Waals surface area contributed by atoms with Crippen molar-refractivity contribution in [3.05, 3.63) is 53.1 Å². The van der Waals surface area contributed by atoms with E-state index in [1.54, 1.807) is 6.20 Å². The largest absolute Gasteiger partial charge is 0.352 e. The van der Waals surface area contributed by atoms with E-state index in [4.69, 9.17) is 0 Å². The smallest absolute Gasteiger partial charge is 0.269 e. The first kappa shape index (κ1) is 16.4. The molecule has 0 unspecified atom stereocenters. The highest BCUT2D eigenvalue weighted by Crippen LogP contribution is 2.17. The van der Waals surface area contributed by atoms with Crippen molar-refractivity contribution >= 4 is 5.91 Å². The van der Waals surface area contributed by atoms with E-state index in [2.05, 4.69) is 10.3 Å². The molecule has 3 rings (SSSR count). The van der Waals surface area contributed by atoms with Crippen molar-refractivity contribution in [1.82, 2.24) is 14.9 Å². The molecule has 5 nitrogen and oxygen atoms in total. The zero-order valence-corrected chi connectivity index (χ0v) is 13.8. The van der Waals surface area contributed by atoms with Crippen LogP contribution >= 0.6 is 0 Å². The van der Waals surface area contributed by atoms with E-state index in [1.807, 2.05) is 30.3 Å². The minimum absolute atomic E-state index is 0.0394. The van der Waals surface area contributed by atoms with Crippen LogP contribution < -0.4 is 10.9 Å². The highest BCUT2D eigenvalue weighted by Gasteiger charge is 2.15. The van der Waals surface area contributed by atoms with Crippen molar-refractivity contribution in [3.63, 3.8) is 0 Å². The number of carbonyl (C=O) groups is 1. The van der Waals surface area contributed by atoms with Gasteiger partial charge >= 0.3 is 0 Å². The van der Waals surface area contributed by atoms with Crippen molar-refractivity contribution in [1.29, 1.82) is 0 Å². The van der Waals surface area contributed by atoms with E-state index in [1.165, 1.54) is 23.6 Å². The summed E-state index contributed by atoms with van der Waals surface area (Å²) < 4.78 is 1.43. The van der Waals surface area contributed by atoms with Gasteiger partial charge in [-0.3, -0.25) is 9.59 Å². The van der Waals surface area contributed by atoms with Crippen LogP contribution in [0.1, 0.15) is 38.5 Å². The first-order valence-electron chi connectivity index (χ1n) is 8.63. The fourth-order valence-corrected chi connectivity index (χ4v) is 3.18. The Balaban J connectivity index is 1.70. The lowest BCUT2D eigenvalue weighted by molar-refractivity contribution is -0.122. The average molecular weight is 325 g/mol. The maximum atomic E-state index is 12.3. The summed E-state index contributed by atoms with van der Waals surface area (Å²) in [5.74, 6) is -0.103. The molecular weight excluding hydrogens is 302 g/mol. The molecule has 0 aliphatic heterocycles. The van der Waals surface area contributed by atoms with Crippen LogP contribution in [-0.2, 0) is 11.3 Å². The summed E-state index contributed by atoms with van der Waals surface area (Å²) in [6.45, 7) is 0.0394. The molecular formula is C19H23N3O2. The van der Waals surface area contributed by atoms with Crippen LogP contribution in [0.2, 0.25) is 0 Å².